The summed E-state index contributed by atoms with van der Waals surface area (Å²) in [6, 6.07) is 11.0. The first-order chi connectivity index (χ1) is 10.1. The fraction of sp³-hybridized carbons (Fsp3) is 0.267. The fourth-order valence-corrected chi connectivity index (χ4v) is 2.01. The van der Waals surface area contributed by atoms with Crippen LogP contribution in [-0.2, 0) is 0 Å². The SMILES string of the molecule is CCN(CC)c1ccc(Nc2ccc(C(=O)O)nn2)cc1. The zero-order chi connectivity index (χ0) is 15.2. The van der Waals surface area contributed by atoms with Crippen molar-refractivity contribution in [1.29, 1.82) is 0 Å². The highest BCUT2D eigenvalue weighted by Gasteiger charge is 2.05. The molecule has 6 nitrogen and oxygen atoms in total. The third-order valence-corrected chi connectivity index (χ3v) is 3.15. The lowest BCUT2D eigenvalue weighted by Gasteiger charge is -2.21. The highest BCUT2D eigenvalue weighted by molar-refractivity contribution is 5.85. The summed E-state index contributed by atoms with van der Waals surface area (Å²) in [5, 5.41) is 19.3. The number of rotatable bonds is 6. The lowest BCUT2D eigenvalue weighted by atomic mass is 10.2. The number of nitrogens with zero attached hydrogens (tertiary/aromatic N) is 3. The Morgan fingerprint density at radius 3 is 2.24 bits per heavy atom. The van der Waals surface area contributed by atoms with Gasteiger partial charge >= 0.3 is 5.97 Å². The van der Waals surface area contributed by atoms with Crippen LogP contribution in [0.25, 0.3) is 0 Å². The number of aromatic nitrogens is 2. The second kappa shape index (κ2) is 6.69. The average molecular weight is 286 g/mol. The van der Waals surface area contributed by atoms with E-state index in [0.29, 0.717) is 5.82 Å². The van der Waals surface area contributed by atoms with Gasteiger partial charge in [-0.25, -0.2) is 4.79 Å². The van der Waals surface area contributed by atoms with Crippen LogP contribution in [0.5, 0.6) is 0 Å². The Bertz CT molecular complexity index is 592. The van der Waals surface area contributed by atoms with Gasteiger partial charge < -0.3 is 15.3 Å². The summed E-state index contributed by atoms with van der Waals surface area (Å²) < 4.78 is 0. The van der Waals surface area contributed by atoms with E-state index in [4.69, 9.17) is 5.11 Å². The third-order valence-electron chi connectivity index (χ3n) is 3.15. The molecule has 0 amide bonds. The Kier molecular flexibility index (Phi) is 4.71. The van der Waals surface area contributed by atoms with Crippen molar-refractivity contribution in [3.05, 3.63) is 42.1 Å². The van der Waals surface area contributed by atoms with Crippen molar-refractivity contribution in [1.82, 2.24) is 10.2 Å². The molecule has 0 aliphatic rings. The molecule has 0 unspecified atom stereocenters. The summed E-state index contributed by atoms with van der Waals surface area (Å²) in [5.41, 5.74) is 1.97. The molecule has 21 heavy (non-hydrogen) atoms. The number of carboxylic acids is 1. The zero-order valence-corrected chi connectivity index (χ0v) is 12.1. The molecule has 6 heteroatoms. The van der Waals surface area contributed by atoms with Crippen LogP contribution in [0.4, 0.5) is 17.2 Å². The number of nitrogens with one attached hydrogen (secondary N) is 1. The van der Waals surface area contributed by atoms with Gasteiger partial charge in [0, 0.05) is 24.5 Å². The van der Waals surface area contributed by atoms with Gasteiger partial charge in [0.25, 0.3) is 0 Å². The van der Waals surface area contributed by atoms with Crippen LogP contribution in [0.1, 0.15) is 24.3 Å². The number of hydrogen-bond donors (Lipinski definition) is 2. The fourth-order valence-electron chi connectivity index (χ4n) is 2.01. The molecule has 2 N–H and O–H groups in total. The Labute approximate surface area is 123 Å². The molecule has 0 spiro atoms. The van der Waals surface area contributed by atoms with Crippen molar-refractivity contribution in [2.45, 2.75) is 13.8 Å². The van der Waals surface area contributed by atoms with Gasteiger partial charge in [-0.3, -0.25) is 0 Å². The van der Waals surface area contributed by atoms with E-state index >= 15 is 0 Å². The topological polar surface area (TPSA) is 78.4 Å². The monoisotopic (exact) mass is 286 g/mol. The molecule has 1 heterocycles. The van der Waals surface area contributed by atoms with Gasteiger partial charge in [0.2, 0.25) is 0 Å². The number of benzene rings is 1. The molecule has 1 aromatic heterocycles. The minimum atomic E-state index is -1.09. The quantitative estimate of drug-likeness (QED) is 0.850. The summed E-state index contributed by atoms with van der Waals surface area (Å²) in [4.78, 5) is 13.0. The molecule has 2 aromatic rings. The first kappa shape index (κ1) is 14.8. The standard InChI is InChI=1S/C15H18N4O2/c1-3-19(4-2)12-7-5-11(6-8-12)16-14-10-9-13(15(20)21)17-18-14/h5-10H,3-4H2,1-2H3,(H,16,18)(H,20,21). The minimum absolute atomic E-state index is 0.0718. The molecule has 0 aliphatic carbocycles. The normalized spacial score (nSPS) is 10.2. The molecule has 0 saturated carbocycles. The minimum Gasteiger partial charge on any atom is -0.476 e. The molecule has 0 bridgehead atoms. The predicted molar refractivity (Wildman–Crippen MR) is 82.3 cm³/mol. The summed E-state index contributed by atoms with van der Waals surface area (Å²) in [6.07, 6.45) is 0. The Hall–Kier alpha value is -2.63. The maximum Gasteiger partial charge on any atom is 0.356 e. The van der Waals surface area contributed by atoms with Gasteiger partial charge in [-0.1, -0.05) is 0 Å². The van der Waals surface area contributed by atoms with Crippen LogP contribution in [0.15, 0.2) is 36.4 Å². The smallest absolute Gasteiger partial charge is 0.356 e. The van der Waals surface area contributed by atoms with Crippen LogP contribution in [0.3, 0.4) is 0 Å². The lowest BCUT2D eigenvalue weighted by Crippen LogP contribution is -2.21. The van der Waals surface area contributed by atoms with Gasteiger partial charge in [-0.2, -0.15) is 0 Å². The third kappa shape index (κ3) is 3.68. The van der Waals surface area contributed by atoms with Crippen molar-refractivity contribution in [2.75, 3.05) is 23.3 Å². The van der Waals surface area contributed by atoms with E-state index in [1.165, 1.54) is 6.07 Å². The molecule has 0 saturated heterocycles. The van der Waals surface area contributed by atoms with Crippen molar-refractivity contribution < 1.29 is 9.90 Å². The number of hydrogen-bond acceptors (Lipinski definition) is 5. The zero-order valence-electron chi connectivity index (χ0n) is 12.1. The van der Waals surface area contributed by atoms with Crippen LogP contribution < -0.4 is 10.2 Å². The van der Waals surface area contributed by atoms with E-state index in [9.17, 15) is 4.79 Å². The summed E-state index contributed by atoms with van der Waals surface area (Å²) in [6.45, 7) is 6.17. The molecule has 0 aliphatic heterocycles. The summed E-state index contributed by atoms with van der Waals surface area (Å²) in [5.74, 6) is -0.576. The van der Waals surface area contributed by atoms with Crippen molar-refractivity contribution in [3.8, 4) is 0 Å². The predicted octanol–water partition coefficient (Wildman–Crippen LogP) is 2.76. The van der Waals surface area contributed by atoms with E-state index in [2.05, 4.69) is 34.3 Å². The highest BCUT2D eigenvalue weighted by Crippen LogP contribution is 2.20. The Balaban J connectivity index is 2.07. The van der Waals surface area contributed by atoms with Gasteiger partial charge in [-0.05, 0) is 50.2 Å². The van der Waals surface area contributed by atoms with Gasteiger partial charge in [0.1, 0.15) is 0 Å². The average Bonchev–Trinajstić information content (AvgIpc) is 2.51. The van der Waals surface area contributed by atoms with Crippen LogP contribution in [0, 0.1) is 0 Å². The van der Waals surface area contributed by atoms with Crippen LogP contribution >= 0.6 is 0 Å². The first-order valence-corrected chi connectivity index (χ1v) is 6.83. The van der Waals surface area contributed by atoms with Crippen molar-refractivity contribution >= 4 is 23.2 Å². The molecule has 1 aromatic carbocycles. The maximum atomic E-state index is 10.7. The second-order valence-corrected chi connectivity index (χ2v) is 4.45. The molecule has 0 fully saturated rings. The summed E-state index contributed by atoms with van der Waals surface area (Å²) >= 11 is 0. The molecule has 2 rings (SSSR count). The van der Waals surface area contributed by atoms with Crippen molar-refractivity contribution in [2.24, 2.45) is 0 Å². The van der Waals surface area contributed by atoms with Gasteiger partial charge in [0.05, 0.1) is 0 Å². The number of carbonyl (C=O) groups is 1. The van der Waals surface area contributed by atoms with Gasteiger partial charge in [0.15, 0.2) is 11.5 Å². The lowest BCUT2D eigenvalue weighted by molar-refractivity contribution is 0.0689. The Morgan fingerprint density at radius 2 is 1.76 bits per heavy atom. The number of aromatic carboxylic acids is 1. The molecule has 0 atom stereocenters. The van der Waals surface area contributed by atoms with E-state index in [1.807, 2.05) is 24.3 Å². The van der Waals surface area contributed by atoms with E-state index < -0.39 is 5.97 Å². The molecule has 0 radical (unpaired) electrons. The molecular formula is C15H18N4O2. The largest absolute Gasteiger partial charge is 0.476 e. The molecular weight excluding hydrogens is 268 g/mol. The van der Waals surface area contributed by atoms with E-state index in [0.717, 1.165) is 24.5 Å². The van der Waals surface area contributed by atoms with Gasteiger partial charge in [-0.15, -0.1) is 10.2 Å². The van der Waals surface area contributed by atoms with E-state index in [1.54, 1.807) is 6.07 Å². The Morgan fingerprint density at radius 1 is 1.10 bits per heavy atom. The van der Waals surface area contributed by atoms with E-state index in [-0.39, 0.29) is 5.69 Å². The second-order valence-electron chi connectivity index (χ2n) is 4.45. The first-order valence-electron chi connectivity index (χ1n) is 6.83. The van der Waals surface area contributed by atoms with Crippen molar-refractivity contribution in [3.63, 3.8) is 0 Å². The summed E-state index contributed by atoms with van der Waals surface area (Å²) in [7, 11) is 0. The van der Waals surface area contributed by atoms with Crippen LogP contribution in [0.2, 0.25) is 0 Å². The highest BCUT2D eigenvalue weighted by atomic mass is 16.4. The number of carboxylic acid groups (broad SMARTS) is 1. The maximum absolute atomic E-state index is 10.7. The van der Waals surface area contributed by atoms with Crippen LogP contribution in [-0.4, -0.2) is 34.4 Å². The molecule has 110 valence electrons. The number of anilines is 3.